The van der Waals surface area contributed by atoms with E-state index in [2.05, 4.69) is 0 Å². The maximum atomic E-state index is 12.8. The topological polar surface area (TPSA) is 96.4 Å². The second-order valence-electron chi connectivity index (χ2n) is 6.61. The van der Waals surface area contributed by atoms with Crippen LogP contribution in [0.25, 0.3) is 0 Å². The van der Waals surface area contributed by atoms with Gasteiger partial charge in [-0.15, -0.1) is 0 Å². The Morgan fingerprint density at radius 3 is 2.48 bits per heavy atom. The van der Waals surface area contributed by atoms with Gasteiger partial charge in [0.1, 0.15) is 29.9 Å². The number of nitrogens with zero attached hydrogens (tertiary/aromatic N) is 2. The minimum atomic E-state index is -1.25. The standard InChI is InChI=1S/C21H22N2O6/c1-28-16-9-8-15(18(10-16)29-2)12-22-17(13-24)19(20(22)25)23(21(26)27)11-14-6-4-3-5-7-14/h3-10,13,17,19H,11-12H2,1-2H3,(H,26,27). The van der Waals surface area contributed by atoms with Crippen LogP contribution in [-0.4, -0.2) is 59.5 Å². The molecule has 2 amide bonds. The molecule has 1 aliphatic heterocycles. The van der Waals surface area contributed by atoms with Crippen LogP contribution in [0.15, 0.2) is 48.5 Å². The van der Waals surface area contributed by atoms with Crippen molar-refractivity contribution >= 4 is 18.3 Å². The quantitative estimate of drug-likeness (QED) is 0.541. The lowest BCUT2D eigenvalue weighted by molar-refractivity contribution is -0.161. The number of ether oxygens (including phenoxy) is 2. The van der Waals surface area contributed by atoms with Gasteiger partial charge in [0.05, 0.1) is 20.8 Å². The first-order chi connectivity index (χ1) is 14.0. The summed E-state index contributed by atoms with van der Waals surface area (Å²) in [5, 5.41) is 9.62. The number of carbonyl (C=O) groups excluding carboxylic acids is 2. The molecule has 29 heavy (non-hydrogen) atoms. The van der Waals surface area contributed by atoms with Crippen molar-refractivity contribution in [2.45, 2.75) is 25.2 Å². The predicted molar refractivity (Wildman–Crippen MR) is 104 cm³/mol. The van der Waals surface area contributed by atoms with Crippen molar-refractivity contribution in [1.29, 1.82) is 0 Å². The lowest BCUT2D eigenvalue weighted by atomic mass is 9.93. The first-order valence-electron chi connectivity index (χ1n) is 9.00. The number of carboxylic acid groups (broad SMARTS) is 1. The molecule has 2 unspecified atom stereocenters. The summed E-state index contributed by atoms with van der Waals surface area (Å²) in [7, 11) is 3.04. The minimum Gasteiger partial charge on any atom is -0.497 e. The smallest absolute Gasteiger partial charge is 0.408 e. The number of hydrogen-bond acceptors (Lipinski definition) is 5. The van der Waals surface area contributed by atoms with Crippen LogP contribution in [0.2, 0.25) is 0 Å². The van der Waals surface area contributed by atoms with E-state index in [0.717, 1.165) is 10.5 Å². The molecule has 2 aromatic carbocycles. The molecule has 1 N–H and O–H groups in total. The van der Waals surface area contributed by atoms with Crippen molar-refractivity contribution in [1.82, 2.24) is 9.80 Å². The van der Waals surface area contributed by atoms with Crippen molar-refractivity contribution in [3.8, 4) is 11.5 Å². The molecule has 0 bridgehead atoms. The SMILES string of the molecule is COc1ccc(CN2C(=O)C(N(Cc3ccccc3)C(=O)O)C2C=O)c(OC)c1. The highest BCUT2D eigenvalue weighted by Crippen LogP contribution is 2.31. The molecule has 1 aliphatic rings. The van der Waals surface area contributed by atoms with Crippen molar-refractivity contribution in [3.63, 3.8) is 0 Å². The molecule has 0 aliphatic carbocycles. The van der Waals surface area contributed by atoms with Crippen LogP contribution in [0.1, 0.15) is 11.1 Å². The number of β-lactam (4-membered cyclic amide) rings is 1. The number of benzene rings is 2. The van der Waals surface area contributed by atoms with Gasteiger partial charge in [0.2, 0.25) is 5.91 Å². The monoisotopic (exact) mass is 398 g/mol. The van der Waals surface area contributed by atoms with Gasteiger partial charge >= 0.3 is 6.09 Å². The Morgan fingerprint density at radius 1 is 1.17 bits per heavy atom. The van der Waals surface area contributed by atoms with Gasteiger partial charge in [-0.2, -0.15) is 0 Å². The van der Waals surface area contributed by atoms with Crippen LogP contribution in [0.5, 0.6) is 11.5 Å². The highest BCUT2D eigenvalue weighted by molar-refractivity contribution is 5.98. The predicted octanol–water partition coefficient (Wildman–Crippen LogP) is 2.16. The Labute approximate surface area is 168 Å². The number of likely N-dealkylation sites (tertiary alicyclic amines) is 1. The van der Waals surface area contributed by atoms with Crippen molar-refractivity contribution in [2.24, 2.45) is 0 Å². The Bertz CT molecular complexity index is 901. The lowest BCUT2D eigenvalue weighted by Gasteiger charge is -2.48. The zero-order valence-electron chi connectivity index (χ0n) is 16.1. The van der Waals surface area contributed by atoms with E-state index in [1.807, 2.05) is 6.07 Å². The number of hydrogen-bond donors (Lipinski definition) is 1. The Hall–Kier alpha value is -3.55. The average Bonchev–Trinajstić information content (AvgIpc) is 2.74. The summed E-state index contributed by atoms with van der Waals surface area (Å²) in [6.45, 7) is 0.154. The van der Waals surface area contributed by atoms with Gasteiger partial charge < -0.3 is 24.3 Å². The van der Waals surface area contributed by atoms with Crippen molar-refractivity contribution in [2.75, 3.05) is 14.2 Å². The summed E-state index contributed by atoms with van der Waals surface area (Å²) in [6, 6.07) is 12.2. The van der Waals surface area contributed by atoms with Crippen LogP contribution in [0.3, 0.4) is 0 Å². The van der Waals surface area contributed by atoms with Gasteiger partial charge in [-0.05, 0) is 17.7 Å². The Morgan fingerprint density at radius 2 is 1.90 bits per heavy atom. The van der Waals surface area contributed by atoms with Gasteiger partial charge in [-0.25, -0.2) is 4.79 Å². The maximum absolute atomic E-state index is 12.8. The third-order valence-electron chi connectivity index (χ3n) is 4.97. The number of aldehydes is 1. The molecule has 3 rings (SSSR count). The molecular formula is C21H22N2O6. The molecule has 0 saturated carbocycles. The van der Waals surface area contributed by atoms with Crippen LogP contribution in [-0.2, 0) is 22.7 Å². The highest BCUT2D eigenvalue weighted by atomic mass is 16.5. The minimum absolute atomic E-state index is 0.0244. The van der Waals surface area contributed by atoms with E-state index in [4.69, 9.17) is 9.47 Å². The maximum Gasteiger partial charge on any atom is 0.408 e. The van der Waals surface area contributed by atoms with Gasteiger partial charge in [-0.1, -0.05) is 30.3 Å². The zero-order chi connectivity index (χ0) is 21.0. The highest BCUT2D eigenvalue weighted by Gasteiger charge is 2.52. The molecule has 0 radical (unpaired) electrons. The third-order valence-corrected chi connectivity index (χ3v) is 4.97. The fraction of sp³-hybridized carbons (Fsp3) is 0.286. The van der Waals surface area contributed by atoms with Gasteiger partial charge in [0.15, 0.2) is 0 Å². The molecule has 8 nitrogen and oxygen atoms in total. The van der Waals surface area contributed by atoms with Crippen molar-refractivity contribution < 1.29 is 29.0 Å². The second kappa shape index (κ2) is 8.64. The van der Waals surface area contributed by atoms with Crippen LogP contribution < -0.4 is 9.47 Å². The number of carbonyl (C=O) groups is 3. The number of rotatable bonds is 8. The van der Waals surface area contributed by atoms with E-state index in [0.29, 0.717) is 23.3 Å². The van der Waals surface area contributed by atoms with Crippen LogP contribution in [0.4, 0.5) is 4.79 Å². The van der Waals surface area contributed by atoms with E-state index in [1.54, 1.807) is 42.5 Å². The first kappa shape index (κ1) is 20.2. The average molecular weight is 398 g/mol. The Balaban J connectivity index is 1.80. The molecule has 0 spiro atoms. The summed E-state index contributed by atoms with van der Waals surface area (Å²) in [4.78, 5) is 38.7. The molecule has 1 saturated heterocycles. The first-order valence-corrected chi connectivity index (χ1v) is 9.00. The van der Waals surface area contributed by atoms with Gasteiger partial charge in [0.25, 0.3) is 0 Å². The zero-order valence-corrected chi connectivity index (χ0v) is 16.1. The molecule has 1 heterocycles. The largest absolute Gasteiger partial charge is 0.497 e. The van der Waals surface area contributed by atoms with E-state index in [1.165, 1.54) is 19.1 Å². The number of methoxy groups -OCH3 is 2. The van der Waals surface area contributed by atoms with E-state index in [9.17, 15) is 19.5 Å². The summed E-state index contributed by atoms with van der Waals surface area (Å²) in [6.07, 6.45) is -0.635. The lowest BCUT2D eigenvalue weighted by Crippen LogP contribution is -2.71. The van der Waals surface area contributed by atoms with E-state index >= 15 is 0 Å². The van der Waals surface area contributed by atoms with E-state index < -0.39 is 24.1 Å². The van der Waals surface area contributed by atoms with E-state index in [-0.39, 0.29) is 13.1 Å². The molecule has 8 heteroatoms. The molecule has 2 atom stereocenters. The summed E-state index contributed by atoms with van der Waals surface area (Å²) in [5.41, 5.74) is 1.43. The number of amides is 2. The summed E-state index contributed by atoms with van der Waals surface area (Å²) < 4.78 is 10.5. The fourth-order valence-corrected chi connectivity index (χ4v) is 3.43. The van der Waals surface area contributed by atoms with Gasteiger partial charge in [0, 0.05) is 18.2 Å². The molecular weight excluding hydrogens is 376 g/mol. The molecule has 2 aromatic rings. The van der Waals surface area contributed by atoms with Crippen LogP contribution >= 0.6 is 0 Å². The van der Waals surface area contributed by atoms with Crippen LogP contribution in [0, 0.1) is 0 Å². The van der Waals surface area contributed by atoms with Crippen molar-refractivity contribution in [3.05, 3.63) is 59.7 Å². The fourth-order valence-electron chi connectivity index (χ4n) is 3.43. The normalized spacial score (nSPS) is 18.0. The van der Waals surface area contributed by atoms with Gasteiger partial charge in [-0.3, -0.25) is 9.69 Å². The Kier molecular flexibility index (Phi) is 6.01. The molecule has 0 aromatic heterocycles. The molecule has 152 valence electrons. The third kappa shape index (κ3) is 4.01. The summed E-state index contributed by atoms with van der Waals surface area (Å²) >= 11 is 0. The summed E-state index contributed by atoms with van der Waals surface area (Å²) in [5.74, 6) is 0.702. The molecule has 1 fully saturated rings. The second-order valence-corrected chi connectivity index (χ2v) is 6.61.